The van der Waals surface area contributed by atoms with Crippen molar-refractivity contribution in [1.82, 2.24) is 5.43 Å². The summed E-state index contributed by atoms with van der Waals surface area (Å²) in [5.41, 5.74) is 2.95. The van der Waals surface area contributed by atoms with Gasteiger partial charge in [0, 0.05) is 11.1 Å². The molecule has 0 heterocycles. The van der Waals surface area contributed by atoms with Gasteiger partial charge in [0.25, 0.3) is 5.91 Å². The second-order valence-electron chi connectivity index (χ2n) is 2.93. The van der Waals surface area contributed by atoms with Gasteiger partial charge in [-0.2, -0.15) is 0 Å². The van der Waals surface area contributed by atoms with Crippen molar-refractivity contribution in [1.29, 1.82) is 0 Å². The molecule has 0 bridgehead atoms. The Morgan fingerprint density at radius 2 is 2.19 bits per heavy atom. The third kappa shape index (κ3) is 3.44. The van der Waals surface area contributed by atoms with Crippen LogP contribution in [0.3, 0.4) is 0 Å². The minimum Gasteiger partial charge on any atom is -0.481 e. The number of nitrogens with one attached hydrogen (secondary N) is 1. The van der Waals surface area contributed by atoms with Gasteiger partial charge in [0.15, 0.2) is 0 Å². The van der Waals surface area contributed by atoms with Gasteiger partial charge in [-0.25, -0.2) is 5.84 Å². The number of aliphatic carboxylic acids is 1. The van der Waals surface area contributed by atoms with Gasteiger partial charge in [0.05, 0.1) is 0 Å². The molecule has 4 N–H and O–H groups in total. The second-order valence-corrected chi connectivity index (χ2v) is 2.93. The summed E-state index contributed by atoms with van der Waals surface area (Å²) in [6.07, 6.45) is -0.229. The van der Waals surface area contributed by atoms with Gasteiger partial charge in [-0.1, -0.05) is 17.9 Å². The molecule has 0 aliphatic rings. The van der Waals surface area contributed by atoms with Crippen molar-refractivity contribution in [3.8, 4) is 11.8 Å². The molecule has 82 valence electrons. The van der Waals surface area contributed by atoms with Crippen molar-refractivity contribution in [3.63, 3.8) is 0 Å². The van der Waals surface area contributed by atoms with Gasteiger partial charge in [0.2, 0.25) is 0 Å². The average Bonchev–Trinajstić information content (AvgIpc) is 2.28. The zero-order valence-corrected chi connectivity index (χ0v) is 8.36. The van der Waals surface area contributed by atoms with Crippen LogP contribution in [0.2, 0.25) is 0 Å². The maximum Gasteiger partial charge on any atom is 0.315 e. The number of nitrogen functional groups attached to an aromatic ring is 1. The van der Waals surface area contributed by atoms with Gasteiger partial charge in [-0.15, -0.1) is 0 Å². The molecule has 0 radical (unpaired) electrons. The number of carbonyl (C=O) groups excluding carboxylic acids is 1. The number of carboxylic acid groups (broad SMARTS) is 1. The summed E-state index contributed by atoms with van der Waals surface area (Å²) >= 11 is 0. The summed E-state index contributed by atoms with van der Waals surface area (Å²) in [6, 6.07) is 6.46. The number of hydrogen-bond donors (Lipinski definition) is 3. The molecule has 0 aromatic heterocycles. The maximum atomic E-state index is 11.2. The standard InChI is InChI=1S/C11H10N2O3/c12-13-11(16)9-5-1-3-8(7-9)4-2-6-10(14)15/h1,3,5,7H,6,12H2,(H,13,16)(H,14,15). The molecule has 0 aliphatic heterocycles. The van der Waals surface area contributed by atoms with Crippen LogP contribution in [0.25, 0.3) is 0 Å². The lowest BCUT2D eigenvalue weighted by molar-refractivity contribution is -0.135. The largest absolute Gasteiger partial charge is 0.481 e. The highest BCUT2D eigenvalue weighted by Gasteiger charge is 2.02. The number of carboxylic acids is 1. The Kier molecular flexibility index (Phi) is 4.07. The predicted octanol–water partition coefficient (Wildman–Crippen LogP) is 0.116. The first kappa shape index (κ1) is 11.8. The van der Waals surface area contributed by atoms with Crippen molar-refractivity contribution < 1.29 is 14.7 Å². The number of nitrogens with two attached hydrogens (primary N) is 1. The number of rotatable bonds is 2. The Morgan fingerprint density at radius 1 is 1.44 bits per heavy atom. The number of carbonyl (C=O) groups is 2. The molecule has 5 heteroatoms. The molecule has 0 saturated heterocycles. The van der Waals surface area contributed by atoms with E-state index in [4.69, 9.17) is 10.9 Å². The van der Waals surface area contributed by atoms with E-state index >= 15 is 0 Å². The fourth-order valence-corrected chi connectivity index (χ4v) is 1.04. The van der Waals surface area contributed by atoms with Crippen LogP contribution in [0.5, 0.6) is 0 Å². The van der Waals surface area contributed by atoms with E-state index in [1.807, 2.05) is 5.43 Å². The van der Waals surface area contributed by atoms with Gasteiger partial charge >= 0.3 is 5.97 Å². The molecular formula is C11H10N2O3. The van der Waals surface area contributed by atoms with Crippen LogP contribution in [0.15, 0.2) is 24.3 Å². The molecule has 0 fully saturated rings. The smallest absolute Gasteiger partial charge is 0.315 e. The van der Waals surface area contributed by atoms with Crippen LogP contribution in [-0.4, -0.2) is 17.0 Å². The first-order valence-corrected chi connectivity index (χ1v) is 4.45. The topological polar surface area (TPSA) is 92.4 Å². The molecule has 0 atom stereocenters. The average molecular weight is 218 g/mol. The summed E-state index contributed by atoms with van der Waals surface area (Å²) in [6.45, 7) is 0. The highest BCUT2D eigenvalue weighted by molar-refractivity contribution is 5.94. The minimum atomic E-state index is -0.983. The quantitative estimate of drug-likeness (QED) is 0.284. The molecule has 16 heavy (non-hydrogen) atoms. The Labute approximate surface area is 92.2 Å². The van der Waals surface area contributed by atoms with Crippen LogP contribution >= 0.6 is 0 Å². The fourth-order valence-electron chi connectivity index (χ4n) is 1.04. The van der Waals surface area contributed by atoms with Crippen molar-refractivity contribution in [2.75, 3.05) is 0 Å². The third-order valence-corrected chi connectivity index (χ3v) is 1.73. The third-order valence-electron chi connectivity index (χ3n) is 1.73. The van der Waals surface area contributed by atoms with E-state index in [1.165, 1.54) is 6.07 Å². The van der Waals surface area contributed by atoms with E-state index < -0.39 is 11.9 Å². The normalized spacial score (nSPS) is 8.81. The maximum absolute atomic E-state index is 11.2. The fraction of sp³-hybridized carbons (Fsp3) is 0.0909. The Hall–Kier alpha value is -2.32. The zero-order valence-electron chi connectivity index (χ0n) is 8.36. The Bertz CT molecular complexity index is 472. The summed E-state index contributed by atoms with van der Waals surface area (Å²) in [4.78, 5) is 21.4. The van der Waals surface area contributed by atoms with Crippen molar-refractivity contribution in [2.24, 2.45) is 5.84 Å². The molecule has 0 saturated carbocycles. The van der Waals surface area contributed by atoms with Gasteiger partial charge in [-0.05, 0) is 18.2 Å². The van der Waals surface area contributed by atoms with E-state index in [2.05, 4.69) is 11.8 Å². The number of amides is 1. The summed E-state index contributed by atoms with van der Waals surface area (Å²) < 4.78 is 0. The van der Waals surface area contributed by atoms with E-state index in [-0.39, 0.29) is 6.42 Å². The number of hydrazine groups is 1. The van der Waals surface area contributed by atoms with Gasteiger partial charge < -0.3 is 5.11 Å². The van der Waals surface area contributed by atoms with Gasteiger partial charge in [-0.3, -0.25) is 15.0 Å². The van der Waals surface area contributed by atoms with Crippen LogP contribution < -0.4 is 11.3 Å². The van der Waals surface area contributed by atoms with Crippen LogP contribution in [0.1, 0.15) is 22.3 Å². The van der Waals surface area contributed by atoms with E-state index in [9.17, 15) is 9.59 Å². The minimum absolute atomic E-state index is 0.229. The monoisotopic (exact) mass is 218 g/mol. The second kappa shape index (κ2) is 5.53. The lowest BCUT2D eigenvalue weighted by Gasteiger charge is -1.98. The summed E-state index contributed by atoms with van der Waals surface area (Å²) in [5, 5.41) is 8.39. The predicted molar refractivity (Wildman–Crippen MR) is 57.2 cm³/mol. The molecular weight excluding hydrogens is 208 g/mol. The Morgan fingerprint density at radius 3 is 2.81 bits per heavy atom. The van der Waals surface area contributed by atoms with E-state index in [0.29, 0.717) is 11.1 Å². The summed E-state index contributed by atoms with van der Waals surface area (Å²) in [7, 11) is 0. The molecule has 0 unspecified atom stereocenters. The van der Waals surface area contributed by atoms with Crippen molar-refractivity contribution >= 4 is 11.9 Å². The molecule has 1 rings (SSSR count). The number of hydrogen-bond acceptors (Lipinski definition) is 3. The van der Waals surface area contributed by atoms with Crippen molar-refractivity contribution in [2.45, 2.75) is 6.42 Å². The van der Waals surface area contributed by atoms with E-state index in [0.717, 1.165) is 0 Å². The van der Waals surface area contributed by atoms with Gasteiger partial charge in [0.1, 0.15) is 6.42 Å². The van der Waals surface area contributed by atoms with Crippen LogP contribution in [0.4, 0.5) is 0 Å². The highest BCUT2D eigenvalue weighted by atomic mass is 16.4. The molecule has 1 aromatic rings. The lowest BCUT2D eigenvalue weighted by atomic mass is 10.1. The molecule has 0 aliphatic carbocycles. The van der Waals surface area contributed by atoms with Crippen LogP contribution in [-0.2, 0) is 4.79 Å². The SMILES string of the molecule is NNC(=O)c1cccc(C#CCC(=O)O)c1. The summed E-state index contributed by atoms with van der Waals surface area (Å²) in [5.74, 6) is 8.70. The molecule has 1 amide bonds. The highest BCUT2D eigenvalue weighted by Crippen LogP contribution is 2.03. The number of benzene rings is 1. The lowest BCUT2D eigenvalue weighted by Crippen LogP contribution is -2.29. The molecule has 0 spiro atoms. The van der Waals surface area contributed by atoms with Crippen LogP contribution in [0, 0.1) is 11.8 Å². The van der Waals surface area contributed by atoms with E-state index in [1.54, 1.807) is 18.2 Å². The van der Waals surface area contributed by atoms with Crippen molar-refractivity contribution in [3.05, 3.63) is 35.4 Å². The first-order valence-electron chi connectivity index (χ1n) is 4.45. The zero-order chi connectivity index (χ0) is 12.0. The molecule has 1 aromatic carbocycles. The first-order chi connectivity index (χ1) is 7.63. The molecule has 5 nitrogen and oxygen atoms in total. The Balaban J connectivity index is 2.85.